The van der Waals surface area contributed by atoms with Crippen molar-refractivity contribution in [1.82, 2.24) is 0 Å². The molecule has 2 N–H and O–H groups in total. The molecule has 1 aromatic carbocycles. The zero-order valence-corrected chi connectivity index (χ0v) is 10.0. The number of nitrogens with two attached hydrogens (primary N) is 1. The van der Waals surface area contributed by atoms with Crippen LogP contribution in [0.25, 0.3) is 0 Å². The van der Waals surface area contributed by atoms with E-state index < -0.39 is 0 Å². The molecule has 0 spiro atoms. The number of benzene rings is 1. The summed E-state index contributed by atoms with van der Waals surface area (Å²) >= 11 is 11.7. The predicted octanol–water partition coefficient (Wildman–Crippen LogP) is 3.50. The molecule has 1 aromatic rings. The van der Waals surface area contributed by atoms with Gasteiger partial charge in [-0.1, -0.05) is 23.2 Å². The fraction of sp³-hybridized carbons (Fsp3) is 0.455. The second-order valence-corrected chi connectivity index (χ2v) is 4.18. The summed E-state index contributed by atoms with van der Waals surface area (Å²) in [5.41, 5.74) is 5.39. The molecule has 0 aromatic heterocycles. The molecule has 0 saturated carbocycles. The number of unbranched alkanes of at least 4 members (excludes halogenated alkanes) is 2. The van der Waals surface area contributed by atoms with Crippen molar-refractivity contribution < 1.29 is 4.74 Å². The van der Waals surface area contributed by atoms with Crippen molar-refractivity contribution in [3.8, 4) is 5.75 Å². The van der Waals surface area contributed by atoms with Gasteiger partial charge in [0.25, 0.3) is 0 Å². The standard InChI is InChI=1S/C11H15Cl2NO/c12-9-6-10(13)8-11(7-9)15-5-3-1-2-4-14/h6-8H,1-5,14H2. The van der Waals surface area contributed by atoms with E-state index in [-0.39, 0.29) is 0 Å². The predicted molar refractivity (Wildman–Crippen MR) is 64.9 cm³/mol. The Kier molecular flexibility index (Phi) is 5.84. The van der Waals surface area contributed by atoms with Gasteiger partial charge in [0.2, 0.25) is 0 Å². The number of halogens is 2. The highest BCUT2D eigenvalue weighted by Crippen LogP contribution is 2.24. The van der Waals surface area contributed by atoms with Crippen molar-refractivity contribution in [2.75, 3.05) is 13.2 Å². The molecule has 0 unspecified atom stereocenters. The zero-order chi connectivity index (χ0) is 11.1. The molecule has 84 valence electrons. The van der Waals surface area contributed by atoms with Crippen molar-refractivity contribution in [3.05, 3.63) is 28.2 Å². The van der Waals surface area contributed by atoms with Crippen LogP contribution in [-0.2, 0) is 0 Å². The Balaban J connectivity index is 2.31. The van der Waals surface area contributed by atoms with Crippen molar-refractivity contribution in [2.24, 2.45) is 5.73 Å². The van der Waals surface area contributed by atoms with Crippen LogP contribution in [0.5, 0.6) is 5.75 Å². The van der Waals surface area contributed by atoms with Gasteiger partial charge in [-0.3, -0.25) is 0 Å². The number of hydrogen-bond donors (Lipinski definition) is 1. The highest BCUT2D eigenvalue weighted by atomic mass is 35.5. The van der Waals surface area contributed by atoms with Crippen molar-refractivity contribution in [3.63, 3.8) is 0 Å². The fourth-order valence-electron chi connectivity index (χ4n) is 1.23. The molecule has 0 heterocycles. The normalized spacial score (nSPS) is 10.3. The molecule has 0 atom stereocenters. The molecular formula is C11H15Cl2NO. The molecule has 0 radical (unpaired) electrons. The third-order valence-electron chi connectivity index (χ3n) is 1.95. The van der Waals surface area contributed by atoms with E-state index in [0.717, 1.165) is 31.6 Å². The van der Waals surface area contributed by atoms with Gasteiger partial charge in [-0.05, 0) is 44.0 Å². The lowest BCUT2D eigenvalue weighted by molar-refractivity contribution is 0.306. The zero-order valence-electron chi connectivity index (χ0n) is 8.51. The quantitative estimate of drug-likeness (QED) is 0.782. The Labute approximate surface area is 100 Å². The average Bonchev–Trinajstić information content (AvgIpc) is 2.16. The maximum atomic E-state index is 5.83. The summed E-state index contributed by atoms with van der Waals surface area (Å²) in [7, 11) is 0. The number of rotatable bonds is 6. The van der Waals surface area contributed by atoms with Gasteiger partial charge in [-0.15, -0.1) is 0 Å². The van der Waals surface area contributed by atoms with Crippen molar-refractivity contribution in [1.29, 1.82) is 0 Å². The van der Waals surface area contributed by atoms with E-state index in [0.29, 0.717) is 16.7 Å². The SMILES string of the molecule is NCCCCCOc1cc(Cl)cc(Cl)c1. The molecule has 15 heavy (non-hydrogen) atoms. The monoisotopic (exact) mass is 247 g/mol. The Hall–Kier alpha value is -0.440. The van der Waals surface area contributed by atoms with Gasteiger partial charge in [-0.2, -0.15) is 0 Å². The summed E-state index contributed by atoms with van der Waals surface area (Å²) in [4.78, 5) is 0. The maximum Gasteiger partial charge on any atom is 0.122 e. The van der Waals surface area contributed by atoms with E-state index in [9.17, 15) is 0 Å². The van der Waals surface area contributed by atoms with Crippen LogP contribution in [0.2, 0.25) is 10.0 Å². The Morgan fingerprint density at radius 3 is 2.27 bits per heavy atom. The number of hydrogen-bond acceptors (Lipinski definition) is 2. The first kappa shape index (κ1) is 12.6. The minimum atomic E-state index is 0.597. The minimum Gasteiger partial charge on any atom is -0.493 e. The summed E-state index contributed by atoms with van der Waals surface area (Å²) in [6.07, 6.45) is 3.13. The molecular weight excluding hydrogens is 233 g/mol. The molecule has 4 heteroatoms. The largest absolute Gasteiger partial charge is 0.493 e. The molecule has 0 aliphatic carbocycles. The molecule has 1 rings (SSSR count). The number of ether oxygens (including phenoxy) is 1. The van der Waals surface area contributed by atoms with Crippen LogP contribution in [0.4, 0.5) is 0 Å². The van der Waals surface area contributed by atoms with Gasteiger partial charge < -0.3 is 10.5 Å². The summed E-state index contributed by atoms with van der Waals surface area (Å²) in [6, 6.07) is 5.21. The molecule has 0 amide bonds. The van der Waals surface area contributed by atoms with Crippen LogP contribution in [0.15, 0.2) is 18.2 Å². The first-order valence-corrected chi connectivity index (χ1v) is 5.77. The van der Waals surface area contributed by atoms with Gasteiger partial charge in [0.05, 0.1) is 6.61 Å². The molecule has 0 aliphatic heterocycles. The lowest BCUT2D eigenvalue weighted by atomic mass is 10.2. The highest BCUT2D eigenvalue weighted by molar-refractivity contribution is 6.34. The summed E-state index contributed by atoms with van der Waals surface area (Å²) < 4.78 is 5.50. The van der Waals surface area contributed by atoms with Crippen LogP contribution in [-0.4, -0.2) is 13.2 Å². The van der Waals surface area contributed by atoms with E-state index in [1.165, 1.54) is 0 Å². The smallest absolute Gasteiger partial charge is 0.122 e. The second-order valence-electron chi connectivity index (χ2n) is 3.30. The molecule has 0 saturated heterocycles. The Morgan fingerprint density at radius 2 is 1.67 bits per heavy atom. The van der Waals surface area contributed by atoms with Crippen LogP contribution in [0, 0.1) is 0 Å². The highest BCUT2D eigenvalue weighted by Gasteiger charge is 1.98. The lowest BCUT2D eigenvalue weighted by Gasteiger charge is -2.06. The lowest BCUT2D eigenvalue weighted by Crippen LogP contribution is -2.01. The van der Waals surface area contributed by atoms with Crippen LogP contribution in [0.1, 0.15) is 19.3 Å². The second kappa shape index (κ2) is 6.94. The van der Waals surface area contributed by atoms with Crippen LogP contribution in [0.3, 0.4) is 0 Å². The third kappa shape index (κ3) is 5.26. The third-order valence-corrected chi connectivity index (χ3v) is 2.39. The molecule has 0 fully saturated rings. The summed E-state index contributed by atoms with van der Waals surface area (Å²) in [5.74, 6) is 0.722. The van der Waals surface area contributed by atoms with E-state index >= 15 is 0 Å². The average molecular weight is 248 g/mol. The maximum absolute atomic E-state index is 5.83. The summed E-state index contributed by atoms with van der Waals surface area (Å²) in [5, 5.41) is 1.19. The first-order chi connectivity index (χ1) is 7.22. The molecule has 0 aliphatic rings. The summed E-state index contributed by atoms with van der Waals surface area (Å²) in [6.45, 7) is 1.42. The van der Waals surface area contributed by atoms with Gasteiger partial charge in [0.15, 0.2) is 0 Å². The van der Waals surface area contributed by atoms with Gasteiger partial charge in [0, 0.05) is 10.0 Å². The van der Waals surface area contributed by atoms with Crippen molar-refractivity contribution in [2.45, 2.75) is 19.3 Å². The Bertz CT molecular complexity index is 284. The minimum absolute atomic E-state index is 0.597. The van der Waals surface area contributed by atoms with Crippen LogP contribution < -0.4 is 10.5 Å². The van der Waals surface area contributed by atoms with E-state index in [2.05, 4.69) is 0 Å². The fourth-order valence-corrected chi connectivity index (χ4v) is 1.73. The van der Waals surface area contributed by atoms with Gasteiger partial charge in [-0.25, -0.2) is 0 Å². The molecule has 0 bridgehead atoms. The first-order valence-electron chi connectivity index (χ1n) is 5.01. The Morgan fingerprint density at radius 1 is 1.00 bits per heavy atom. The van der Waals surface area contributed by atoms with E-state index in [1.807, 2.05) is 0 Å². The van der Waals surface area contributed by atoms with E-state index in [4.69, 9.17) is 33.7 Å². The topological polar surface area (TPSA) is 35.2 Å². The van der Waals surface area contributed by atoms with E-state index in [1.54, 1.807) is 18.2 Å². The van der Waals surface area contributed by atoms with Crippen molar-refractivity contribution >= 4 is 23.2 Å². The van der Waals surface area contributed by atoms with Gasteiger partial charge >= 0.3 is 0 Å². The van der Waals surface area contributed by atoms with Gasteiger partial charge in [0.1, 0.15) is 5.75 Å². The van der Waals surface area contributed by atoms with Crippen LogP contribution >= 0.6 is 23.2 Å². The molecule has 2 nitrogen and oxygen atoms in total.